The fourth-order valence-corrected chi connectivity index (χ4v) is 3.44. The molecule has 0 aromatic heterocycles. The molecule has 0 heterocycles. The van der Waals surface area contributed by atoms with Gasteiger partial charge in [0.05, 0.1) is 4.90 Å². The number of hydrogen-bond donors (Lipinski definition) is 2. The number of hydrogen-bond acceptors (Lipinski definition) is 4. The Morgan fingerprint density at radius 3 is 2.60 bits per heavy atom. The third kappa shape index (κ3) is 4.77. The van der Waals surface area contributed by atoms with Crippen molar-refractivity contribution in [2.45, 2.75) is 36.5 Å². The standard InChI is InChI=1S/C14H24N2O2S2/c1-5-14(15-3)12-7-6-8-13(9-12)20(17,18)16-10-11(2)19-4/h6-9,11,14-16H,5,10H2,1-4H3. The summed E-state index contributed by atoms with van der Waals surface area (Å²) in [6, 6.07) is 7.31. The fraction of sp³-hybridized carbons (Fsp3) is 0.571. The van der Waals surface area contributed by atoms with E-state index >= 15 is 0 Å². The summed E-state index contributed by atoms with van der Waals surface area (Å²) in [5, 5.41) is 3.45. The Morgan fingerprint density at radius 1 is 1.35 bits per heavy atom. The van der Waals surface area contributed by atoms with Gasteiger partial charge in [0.25, 0.3) is 0 Å². The van der Waals surface area contributed by atoms with Gasteiger partial charge in [0.1, 0.15) is 0 Å². The van der Waals surface area contributed by atoms with Crippen molar-refractivity contribution in [3.05, 3.63) is 29.8 Å². The Bertz CT molecular complexity index is 514. The molecule has 4 nitrogen and oxygen atoms in total. The van der Waals surface area contributed by atoms with Crippen LogP contribution in [0.4, 0.5) is 0 Å². The summed E-state index contributed by atoms with van der Waals surface area (Å²) < 4.78 is 27.2. The average molecular weight is 316 g/mol. The van der Waals surface area contributed by atoms with E-state index < -0.39 is 10.0 Å². The second-order valence-corrected chi connectivity index (χ2v) is 7.76. The molecule has 114 valence electrons. The molecule has 0 fully saturated rings. The molecular weight excluding hydrogens is 292 g/mol. The van der Waals surface area contributed by atoms with Crippen molar-refractivity contribution >= 4 is 21.8 Å². The van der Waals surface area contributed by atoms with E-state index in [0.29, 0.717) is 11.4 Å². The zero-order valence-corrected chi connectivity index (χ0v) is 14.1. The van der Waals surface area contributed by atoms with Crippen LogP contribution in [0, 0.1) is 0 Å². The Morgan fingerprint density at radius 2 is 2.05 bits per heavy atom. The number of nitrogens with one attached hydrogen (secondary N) is 2. The maximum atomic E-state index is 12.3. The van der Waals surface area contributed by atoms with Gasteiger partial charge in [-0.3, -0.25) is 0 Å². The van der Waals surface area contributed by atoms with Crippen LogP contribution in [0.1, 0.15) is 31.9 Å². The van der Waals surface area contributed by atoms with Crippen molar-refractivity contribution in [2.75, 3.05) is 19.8 Å². The lowest BCUT2D eigenvalue weighted by Crippen LogP contribution is -2.29. The Hall–Kier alpha value is -0.560. The highest BCUT2D eigenvalue weighted by Crippen LogP contribution is 2.20. The summed E-state index contributed by atoms with van der Waals surface area (Å²) in [6.07, 6.45) is 2.88. The predicted molar refractivity (Wildman–Crippen MR) is 86.7 cm³/mol. The van der Waals surface area contributed by atoms with Crippen LogP contribution in [0.25, 0.3) is 0 Å². The van der Waals surface area contributed by atoms with Gasteiger partial charge in [0.2, 0.25) is 10.0 Å². The topological polar surface area (TPSA) is 58.2 Å². The van der Waals surface area contributed by atoms with Gasteiger partial charge in [0, 0.05) is 17.8 Å². The van der Waals surface area contributed by atoms with Gasteiger partial charge in [-0.15, -0.1) is 0 Å². The highest BCUT2D eigenvalue weighted by Gasteiger charge is 2.16. The van der Waals surface area contributed by atoms with Crippen LogP contribution in [-0.4, -0.2) is 33.5 Å². The molecule has 0 radical (unpaired) electrons. The number of sulfonamides is 1. The van der Waals surface area contributed by atoms with Gasteiger partial charge in [-0.1, -0.05) is 26.0 Å². The maximum absolute atomic E-state index is 12.3. The second kappa shape index (κ2) is 8.02. The van der Waals surface area contributed by atoms with E-state index in [1.54, 1.807) is 30.0 Å². The lowest BCUT2D eigenvalue weighted by atomic mass is 10.1. The lowest BCUT2D eigenvalue weighted by molar-refractivity contribution is 0.570. The second-order valence-electron chi connectivity index (χ2n) is 4.72. The monoisotopic (exact) mass is 316 g/mol. The quantitative estimate of drug-likeness (QED) is 0.773. The SMILES string of the molecule is CCC(NC)c1cccc(S(=O)(=O)NCC(C)SC)c1. The van der Waals surface area contributed by atoms with Gasteiger partial charge < -0.3 is 5.32 Å². The zero-order chi connectivity index (χ0) is 15.2. The molecule has 1 aromatic rings. The predicted octanol–water partition coefficient (Wildman–Crippen LogP) is 2.39. The highest BCUT2D eigenvalue weighted by molar-refractivity contribution is 7.99. The first-order chi connectivity index (χ1) is 9.44. The van der Waals surface area contributed by atoms with Crippen LogP contribution < -0.4 is 10.0 Å². The smallest absolute Gasteiger partial charge is 0.240 e. The molecule has 0 aliphatic carbocycles. The van der Waals surface area contributed by atoms with Crippen molar-refractivity contribution in [3.63, 3.8) is 0 Å². The van der Waals surface area contributed by atoms with Gasteiger partial charge in [-0.05, 0) is 37.4 Å². The molecule has 1 aromatic carbocycles. The molecule has 2 atom stereocenters. The van der Waals surface area contributed by atoms with E-state index in [9.17, 15) is 8.42 Å². The summed E-state index contributed by atoms with van der Waals surface area (Å²) in [6.45, 7) is 4.51. The molecule has 0 saturated heterocycles. The molecule has 0 saturated carbocycles. The number of benzene rings is 1. The van der Waals surface area contributed by atoms with Gasteiger partial charge in [-0.2, -0.15) is 11.8 Å². The molecule has 0 bridgehead atoms. The minimum atomic E-state index is -3.43. The molecule has 2 unspecified atom stereocenters. The van der Waals surface area contributed by atoms with Crippen LogP contribution in [-0.2, 0) is 10.0 Å². The number of rotatable bonds is 8. The normalized spacial score (nSPS) is 15.0. The summed E-state index contributed by atoms with van der Waals surface area (Å²) >= 11 is 1.64. The van der Waals surface area contributed by atoms with Crippen molar-refractivity contribution in [3.8, 4) is 0 Å². The van der Waals surface area contributed by atoms with Gasteiger partial charge in [0.15, 0.2) is 0 Å². The molecule has 0 amide bonds. The molecule has 0 aliphatic rings. The summed E-state index contributed by atoms with van der Waals surface area (Å²) in [5.74, 6) is 0. The first kappa shape index (κ1) is 17.5. The molecule has 6 heteroatoms. The van der Waals surface area contributed by atoms with E-state index in [-0.39, 0.29) is 11.3 Å². The van der Waals surface area contributed by atoms with E-state index in [4.69, 9.17) is 0 Å². The van der Waals surface area contributed by atoms with Crippen LogP contribution >= 0.6 is 11.8 Å². The molecular formula is C14H24N2O2S2. The number of thioether (sulfide) groups is 1. The molecule has 0 aliphatic heterocycles. The first-order valence-electron chi connectivity index (χ1n) is 6.74. The zero-order valence-electron chi connectivity index (χ0n) is 12.5. The third-order valence-electron chi connectivity index (χ3n) is 3.29. The van der Waals surface area contributed by atoms with Gasteiger partial charge in [-0.25, -0.2) is 13.1 Å². The maximum Gasteiger partial charge on any atom is 0.240 e. The molecule has 1 rings (SSSR count). The first-order valence-corrected chi connectivity index (χ1v) is 9.51. The van der Waals surface area contributed by atoms with Crippen LogP contribution in [0.3, 0.4) is 0 Å². The van der Waals surface area contributed by atoms with E-state index in [0.717, 1.165) is 12.0 Å². The molecule has 20 heavy (non-hydrogen) atoms. The highest BCUT2D eigenvalue weighted by atomic mass is 32.2. The Balaban J connectivity index is 2.93. The fourth-order valence-electron chi connectivity index (χ4n) is 1.90. The molecule has 2 N–H and O–H groups in total. The average Bonchev–Trinajstić information content (AvgIpc) is 2.46. The molecule has 0 spiro atoms. The summed E-state index contributed by atoms with van der Waals surface area (Å²) in [4.78, 5) is 0.331. The van der Waals surface area contributed by atoms with E-state index in [1.165, 1.54) is 0 Å². The summed E-state index contributed by atoms with van der Waals surface area (Å²) in [7, 11) is -1.55. The lowest BCUT2D eigenvalue weighted by Gasteiger charge is -2.16. The Kier molecular flexibility index (Phi) is 7.02. The van der Waals surface area contributed by atoms with Crippen LogP contribution in [0.2, 0.25) is 0 Å². The summed E-state index contributed by atoms with van der Waals surface area (Å²) in [5.41, 5.74) is 0.996. The van der Waals surface area contributed by atoms with E-state index in [1.807, 2.05) is 26.3 Å². The van der Waals surface area contributed by atoms with Crippen LogP contribution in [0.15, 0.2) is 29.2 Å². The van der Waals surface area contributed by atoms with Crippen molar-refractivity contribution in [2.24, 2.45) is 0 Å². The minimum absolute atomic E-state index is 0.176. The van der Waals surface area contributed by atoms with Crippen LogP contribution in [0.5, 0.6) is 0 Å². The van der Waals surface area contributed by atoms with Gasteiger partial charge >= 0.3 is 0 Å². The largest absolute Gasteiger partial charge is 0.313 e. The van der Waals surface area contributed by atoms with Crippen molar-refractivity contribution in [1.29, 1.82) is 0 Å². The van der Waals surface area contributed by atoms with Crippen molar-refractivity contribution in [1.82, 2.24) is 10.0 Å². The minimum Gasteiger partial charge on any atom is -0.313 e. The Labute approximate surface area is 126 Å². The third-order valence-corrected chi connectivity index (χ3v) is 5.68. The van der Waals surface area contributed by atoms with E-state index in [2.05, 4.69) is 17.0 Å². The van der Waals surface area contributed by atoms with Crippen molar-refractivity contribution < 1.29 is 8.42 Å².